The molecule has 7 nitrogen and oxygen atoms in total. The molecule has 1 aliphatic heterocycles. The lowest BCUT2D eigenvalue weighted by Gasteiger charge is -2.36. The van der Waals surface area contributed by atoms with Gasteiger partial charge >= 0.3 is 0 Å². The molecule has 2 fully saturated rings. The number of Topliss-reactive ketones (excluding diaryl/α,β-unsaturated/α-hetero) is 1. The predicted molar refractivity (Wildman–Crippen MR) is 121 cm³/mol. The third-order valence-electron chi connectivity index (χ3n) is 6.13. The Morgan fingerprint density at radius 2 is 1.61 bits per heavy atom. The Morgan fingerprint density at radius 1 is 0.909 bits per heavy atom. The van der Waals surface area contributed by atoms with Gasteiger partial charge in [0.25, 0.3) is 17.6 Å². The Labute approximate surface area is 189 Å². The van der Waals surface area contributed by atoms with Gasteiger partial charge in [-0.05, 0) is 25.0 Å². The zero-order valence-electron chi connectivity index (χ0n) is 18.0. The number of benzene rings is 2. The van der Waals surface area contributed by atoms with E-state index in [9.17, 15) is 18.8 Å². The number of carbonyl (C=O) groups is 3. The summed E-state index contributed by atoms with van der Waals surface area (Å²) in [6, 6.07) is 14.0. The van der Waals surface area contributed by atoms with Crippen LogP contribution < -0.4 is 0 Å². The molecule has 2 aromatic carbocycles. The molecule has 3 aromatic rings. The number of hydrogen-bond donors (Lipinski definition) is 1. The van der Waals surface area contributed by atoms with Crippen LogP contribution in [0.1, 0.15) is 28.8 Å². The van der Waals surface area contributed by atoms with Crippen LogP contribution in [0.25, 0.3) is 10.9 Å². The molecule has 168 valence electrons. The van der Waals surface area contributed by atoms with E-state index in [4.69, 9.17) is 0 Å². The Hall–Kier alpha value is -3.81. The Kier molecular flexibility index (Phi) is 5.50. The van der Waals surface area contributed by atoms with Crippen molar-refractivity contribution in [3.05, 3.63) is 71.7 Å². The smallest absolute Gasteiger partial charge is 0.295 e. The highest BCUT2D eigenvalue weighted by atomic mass is 19.1. The zero-order valence-corrected chi connectivity index (χ0v) is 18.0. The number of carbonyl (C=O) groups excluding carboxylic acids is 3. The molecule has 0 radical (unpaired) electrons. The van der Waals surface area contributed by atoms with Crippen molar-refractivity contribution >= 4 is 34.3 Å². The van der Waals surface area contributed by atoms with Crippen LogP contribution in [0.4, 0.5) is 4.39 Å². The normalized spacial score (nSPS) is 16.8. The maximum Gasteiger partial charge on any atom is 0.295 e. The number of amidine groups is 1. The van der Waals surface area contributed by atoms with Crippen LogP contribution in [0.15, 0.2) is 59.7 Å². The standard InChI is InChI=1S/C25H23FN4O3/c26-19-7-4-8-20-21(19)18(15-27-20)22(31)25(33)30-13-11-29(12-14-30)23(16-5-2-1-3-6-16)28-24(32)17-9-10-17/h1-8,15,17,27H,9-14H2. The highest BCUT2D eigenvalue weighted by molar-refractivity contribution is 6.44. The largest absolute Gasteiger partial charge is 0.360 e. The Balaban J connectivity index is 1.31. The van der Waals surface area contributed by atoms with Gasteiger partial charge in [0.05, 0.1) is 5.56 Å². The van der Waals surface area contributed by atoms with Crippen molar-refractivity contribution in [3.8, 4) is 0 Å². The first-order valence-corrected chi connectivity index (χ1v) is 11.0. The van der Waals surface area contributed by atoms with E-state index in [0.717, 1.165) is 18.4 Å². The number of aliphatic imine (C=N–C) groups is 1. The molecule has 1 N–H and O–H groups in total. The molecule has 2 amide bonds. The summed E-state index contributed by atoms with van der Waals surface area (Å²) in [4.78, 5) is 48.9. The highest BCUT2D eigenvalue weighted by Gasteiger charge is 2.33. The Morgan fingerprint density at radius 3 is 2.30 bits per heavy atom. The summed E-state index contributed by atoms with van der Waals surface area (Å²) in [5.41, 5.74) is 1.36. The van der Waals surface area contributed by atoms with Crippen LogP contribution in [0.5, 0.6) is 0 Å². The number of fused-ring (bicyclic) bond motifs is 1. The molecule has 0 atom stereocenters. The fraction of sp³-hybridized carbons (Fsp3) is 0.280. The third-order valence-corrected chi connectivity index (χ3v) is 6.13. The molecule has 1 saturated carbocycles. The maximum atomic E-state index is 14.3. The molecule has 1 saturated heterocycles. The summed E-state index contributed by atoms with van der Waals surface area (Å²) in [5.74, 6) is -1.43. The monoisotopic (exact) mass is 446 g/mol. The maximum absolute atomic E-state index is 14.3. The van der Waals surface area contributed by atoms with Crippen molar-refractivity contribution in [2.45, 2.75) is 12.8 Å². The molecule has 0 unspecified atom stereocenters. The number of hydrogen-bond acceptors (Lipinski definition) is 3. The molecule has 2 heterocycles. The van der Waals surface area contributed by atoms with Gasteiger partial charge in [0, 0.05) is 54.8 Å². The van der Waals surface area contributed by atoms with Gasteiger partial charge in [0.2, 0.25) is 0 Å². The van der Waals surface area contributed by atoms with Crippen molar-refractivity contribution in [3.63, 3.8) is 0 Å². The van der Waals surface area contributed by atoms with Crippen molar-refractivity contribution in [1.29, 1.82) is 0 Å². The van der Waals surface area contributed by atoms with Crippen molar-refractivity contribution in [2.24, 2.45) is 10.9 Å². The number of nitrogens with one attached hydrogen (secondary N) is 1. The second-order valence-electron chi connectivity index (χ2n) is 8.39. The van der Waals surface area contributed by atoms with Gasteiger partial charge in [-0.2, -0.15) is 4.99 Å². The minimum absolute atomic E-state index is 0.0146. The fourth-order valence-electron chi connectivity index (χ4n) is 4.13. The molecule has 1 aromatic heterocycles. The average molecular weight is 446 g/mol. The summed E-state index contributed by atoms with van der Waals surface area (Å²) >= 11 is 0. The van der Waals surface area contributed by atoms with E-state index in [-0.39, 0.29) is 22.8 Å². The van der Waals surface area contributed by atoms with Gasteiger partial charge in [-0.25, -0.2) is 4.39 Å². The van der Waals surface area contributed by atoms with Crippen LogP contribution in [-0.4, -0.2) is 64.4 Å². The molecule has 2 aliphatic rings. The molecule has 1 aliphatic carbocycles. The van der Waals surface area contributed by atoms with Crippen molar-refractivity contribution in [2.75, 3.05) is 26.2 Å². The van der Waals surface area contributed by atoms with Crippen molar-refractivity contribution in [1.82, 2.24) is 14.8 Å². The van der Waals surface area contributed by atoms with Gasteiger partial charge in [-0.3, -0.25) is 14.4 Å². The van der Waals surface area contributed by atoms with Crippen LogP contribution in [0, 0.1) is 11.7 Å². The number of rotatable bonds is 4. The summed E-state index contributed by atoms with van der Waals surface area (Å²) in [7, 11) is 0. The molecule has 33 heavy (non-hydrogen) atoms. The molecule has 0 spiro atoms. The highest BCUT2D eigenvalue weighted by Crippen LogP contribution is 2.30. The molecular weight excluding hydrogens is 423 g/mol. The number of ketones is 1. The van der Waals surface area contributed by atoms with Gasteiger partial charge < -0.3 is 14.8 Å². The van der Waals surface area contributed by atoms with Gasteiger partial charge in [0.1, 0.15) is 11.7 Å². The van der Waals surface area contributed by atoms with Crippen LogP contribution in [-0.2, 0) is 9.59 Å². The van der Waals surface area contributed by atoms with Crippen LogP contribution >= 0.6 is 0 Å². The lowest BCUT2D eigenvalue weighted by molar-refractivity contribution is -0.127. The molecule has 0 bridgehead atoms. The number of nitrogens with zero attached hydrogens (tertiary/aromatic N) is 3. The average Bonchev–Trinajstić information content (AvgIpc) is 3.61. The number of amides is 2. The second kappa shape index (κ2) is 8.61. The summed E-state index contributed by atoms with van der Waals surface area (Å²) < 4.78 is 14.3. The number of piperazine rings is 1. The van der Waals surface area contributed by atoms with Crippen LogP contribution in [0.3, 0.4) is 0 Å². The second-order valence-corrected chi connectivity index (χ2v) is 8.39. The number of H-pyrrole nitrogens is 1. The number of aromatic amines is 1. The molecule has 5 rings (SSSR count). The fourth-order valence-corrected chi connectivity index (χ4v) is 4.13. The van der Waals surface area contributed by atoms with Gasteiger partial charge in [-0.1, -0.05) is 36.4 Å². The quantitative estimate of drug-likeness (QED) is 0.289. The number of halogens is 1. The van der Waals surface area contributed by atoms with E-state index < -0.39 is 17.5 Å². The SMILES string of the molecule is O=C(C(=O)N1CCN(C(=NC(=O)C2CC2)c2ccccc2)CC1)c1c[nH]c2cccc(F)c12. The van der Waals surface area contributed by atoms with E-state index in [1.807, 2.05) is 35.2 Å². The Bertz CT molecular complexity index is 1260. The van der Waals surface area contributed by atoms with Gasteiger partial charge in [0.15, 0.2) is 0 Å². The molecule has 8 heteroatoms. The van der Waals surface area contributed by atoms with E-state index >= 15 is 0 Å². The first kappa shape index (κ1) is 21.1. The van der Waals surface area contributed by atoms with E-state index in [1.54, 1.807) is 12.1 Å². The first-order valence-electron chi connectivity index (χ1n) is 11.0. The third kappa shape index (κ3) is 4.16. The van der Waals surface area contributed by atoms with E-state index in [0.29, 0.717) is 37.5 Å². The first-order chi connectivity index (χ1) is 16.0. The zero-order chi connectivity index (χ0) is 22.9. The van der Waals surface area contributed by atoms with Crippen molar-refractivity contribution < 1.29 is 18.8 Å². The van der Waals surface area contributed by atoms with E-state index in [2.05, 4.69) is 9.98 Å². The van der Waals surface area contributed by atoms with Gasteiger partial charge in [-0.15, -0.1) is 0 Å². The predicted octanol–water partition coefficient (Wildman–Crippen LogP) is 3.02. The lowest BCUT2D eigenvalue weighted by atomic mass is 10.1. The summed E-state index contributed by atoms with van der Waals surface area (Å²) in [6.07, 6.45) is 3.14. The van der Waals surface area contributed by atoms with E-state index in [1.165, 1.54) is 17.2 Å². The minimum atomic E-state index is -0.735. The number of aromatic nitrogens is 1. The van der Waals surface area contributed by atoms with Crippen LogP contribution in [0.2, 0.25) is 0 Å². The summed E-state index contributed by atoms with van der Waals surface area (Å²) in [6.45, 7) is 1.48. The topological polar surface area (TPSA) is 85.8 Å². The molecular formula is C25H23FN4O3. The summed E-state index contributed by atoms with van der Waals surface area (Å²) in [5, 5.41) is 0.131. The minimum Gasteiger partial charge on any atom is -0.360 e. The lowest BCUT2D eigenvalue weighted by Crippen LogP contribution is -2.52.